The molecule has 234 valence electrons. The summed E-state index contributed by atoms with van der Waals surface area (Å²) in [4.78, 5) is 59.2. The van der Waals surface area contributed by atoms with Gasteiger partial charge in [0.1, 0.15) is 0 Å². The highest BCUT2D eigenvalue weighted by Crippen LogP contribution is 2.37. The molecule has 2 aliphatic rings. The van der Waals surface area contributed by atoms with E-state index in [9.17, 15) is 19.2 Å². The number of hydrogen-bond acceptors (Lipinski definition) is 6. The maximum Gasteiger partial charge on any atom is 0.254 e. The zero-order valence-corrected chi connectivity index (χ0v) is 26.1. The predicted octanol–water partition coefficient (Wildman–Crippen LogP) is 2.87. The molecule has 3 aromatic rings. The normalized spacial score (nSPS) is 19.5. The number of aromatic amines is 1. The number of nitrogens with zero attached hydrogens (tertiary/aromatic N) is 2. The number of likely N-dealkylation sites (N-methyl/N-ethyl adjacent to an activating group) is 1. The van der Waals surface area contributed by atoms with E-state index in [-0.39, 0.29) is 61.1 Å². The number of likely N-dealkylation sites (tertiary alicyclic amines) is 2. The van der Waals surface area contributed by atoms with Gasteiger partial charge in [0, 0.05) is 50.4 Å². The van der Waals surface area contributed by atoms with E-state index in [1.165, 1.54) is 14.2 Å². The molecule has 1 aromatic heterocycles. The Morgan fingerprint density at radius 2 is 1.82 bits per heavy atom. The lowest BCUT2D eigenvalue weighted by molar-refractivity contribution is -0.139. The third-order valence-corrected chi connectivity index (χ3v) is 8.74. The Bertz CT molecular complexity index is 1570. The number of fused-ring (bicyclic) bond motifs is 2. The number of amides is 4. The number of carbonyl (C=O) groups excluding carboxylic acids is 4. The molecule has 11 nitrogen and oxygen atoms in total. The standard InChI is InChI=1S/C32H38ClN5O6/c1-18(2)44-26-9-8-19(10-27(26)43-4)32(42)38-15-21-14-37(17-24(23(21)16-38)31(41)36-13-28(39)34-3)29(40)11-20-12-35-30-22(20)6-5-7-25(30)33/h5-10,12,18,21,23-24,35H,11,13-17H2,1-4H3,(H,34,39)(H,36,41). The average Bonchev–Trinajstić information content (AvgIpc) is 3.63. The minimum absolute atomic E-state index is 0.0573. The molecule has 2 aromatic carbocycles. The molecule has 0 spiro atoms. The van der Waals surface area contributed by atoms with Crippen molar-refractivity contribution in [2.45, 2.75) is 26.4 Å². The van der Waals surface area contributed by atoms with Gasteiger partial charge in [0.25, 0.3) is 5.91 Å². The second-order valence-electron chi connectivity index (χ2n) is 11.6. The van der Waals surface area contributed by atoms with E-state index >= 15 is 0 Å². The van der Waals surface area contributed by atoms with Gasteiger partial charge in [-0.2, -0.15) is 0 Å². The van der Waals surface area contributed by atoms with Crippen molar-refractivity contribution in [2.75, 3.05) is 46.9 Å². The highest BCUT2D eigenvalue weighted by atomic mass is 35.5. The molecule has 44 heavy (non-hydrogen) atoms. The van der Waals surface area contributed by atoms with E-state index in [0.717, 1.165) is 16.5 Å². The molecule has 0 radical (unpaired) electrons. The van der Waals surface area contributed by atoms with Gasteiger partial charge in [-0.25, -0.2) is 0 Å². The third-order valence-electron chi connectivity index (χ3n) is 8.42. The lowest BCUT2D eigenvalue weighted by atomic mass is 9.79. The number of nitrogens with one attached hydrogen (secondary N) is 3. The summed E-state index contributed by atoms with van der Waals surface area (Å²) in [6.45, 7) is 5.02. The molecule has 2 fully saturated rings. The van der Waals surface area contributed by atoms with E-state index < -0.39 is 5.92 Å². The highest BCUT2D eigenvalue weighted by molar-refractivity contribution is 6.35. The van der Waals surface area contributed by atoms with E-state index in [0.29, 0.717) is 41.7 Å². The smallest absolute Gasteiger partial charge is 0.254 e. The van der Waals surface area contributed by atoms with Crippen LogP contribution in [0, 0.1) is 17.8 Å². The van der Waals surface area contributed by atoms with Crippen molar-refractivity contribution in [3.05, 3.63) is 58.7 Å². The van der Waals surface area contributed by atoms with Gasteiger partial charge in [0.05, 0.1) is 42.6 Å². The van der Waals surface area contributed by atoms with E-state index in [1.54, 1.807) is 40.3 Å². The van der Waals surface area contributed by atoms with Crippen molar-refractivity contribution in [1.82, 2.24) is 25.4 Å². The molecule has 3 N–H and O–H groups in total. The molecule has 5 rings (SSSR count). The number of para-hydroxylation sites is 1. The van der Waals surface area contributed by atoms with Gasteiger partial charge in [-0.1, -0.05) is 23.7 Å². The summed E-state index contributed by atoms with van der Waals surface area (Å²) in [5.74, 6) is -0.814. The minimum atomic E-state index is -0.589. The third kappa shape index (κ3) is 6.47. The predicted molar refractivity (Wildman–Crippen MR) is 166 cm³/mol. The fourth-order valence-corrected chi connectivity index (χ4v) is 6.47. The average molecular weight is 624 g/mol. The summed E-state index contributed by atoms with van der Waals surface area (Å²) in [5, 5.41) is 6.67. The number of methoxy groups -OCH3 is 1. The van der Waals surface area contributed by atoms with Gasteiger partial charge in [-0.05, 0) is 55.5 Å². The van der Waals surface area contributed by atoms with Crippen LogP contribution in [-0.2, 0) is 20.8 Å². The minimum Gasteiger partial charge on any atom is -0.493 e. The first-order valence-corrected chi connectivity index (χ1v) is 15.1. The number of H-pyrrole nitrogens is 1. The first kappa shape index (κ1) is 31.2. The first-order chi connectivity index (χ1) is 21.1. The molecule has 0 saturated carbocycles. The lowest BCUT2D eigenvalue weighted by Gasteiger charge is -2.39. The van der Waals surface area contributed by atoms with E-state index in [4.69, 9.17) is 21.1 Å². The van der Waals surface area contributed by atoms with Crippen molar-refractivity contribution >= 4 is 46.1 Å². The number of carbonyl (C=O) groups is 4. The van der Waals surface area contributed by atoms with Gasteiger partial charge >= 0.3 is 0 Å². The van der Waals surface area contributed by atoms with Crippen LogP contribution in [0.15, 0.2) is 42.6 Å². The molecule has 2 aliphatic heterocycles. The number of rotatable bonds is 9. The SMILES string of the molecule is CNC(=O)CNC(=O)C1CN(C(=O)Cc2c[nH]c3c(Cl)cccc23)CC2CN(C(=O)c3ccc(OC(C)C)c(OC)c3)CC21. The number of ether oxygens (including phenoxy) is 2. The highest BCUT2D eigenvalue weighted by Gasteiger charge is 2.48. The molecular formula is C32H38ClN5O6. The Labute approximate surface area is 261 Å². The summed E-state index contributed by atoms with van der Waals surface area (Å²) in [7, 11) is 3.03. The molecule has 2 saturated heterocycles. The van der Waals surface area contributed by atoms with Gasteiger partial charge in [-0.3, -0.25) is 19.2 Å². The monoisotopic (exact) mass is 623 g/mol. The lowest BCUT2D eigenvalue weighted by Crippen LogP contribution is -2.54. The Kier molecular flexibility index (Phi) is 9.33. The summed E-state index contributed by atoms with van der Waals surface area (Å²) in [5.41, 5.74) is 2.04. The van der Waals surface area contributed by atoms with Crippen LogP contribution in [-0.4, -0.2) is 91.4 Å². The maximum absolute atomic E-state index is 13.7. The maximum atomic E-state index is 13.7. The van der Waals surface area contributed by atoms with Crippen molar-refractivity contribution in [1.29, 1.82) is 0 Å². The molecule has 0 aliphatic carbocycles. The second-order valence-corrected chi connectivity index (χ2v) is 12.0. The summed E-state index contributed by atoms with van der Waals surface area (Å²) >= 11 is 6.32. The number of halogens is 1. The Hall–Kier alpha value is -4.25. The van der Waals surface area contributed by atoms with Crippen molar-refractivity contribution in [3.8, 4) is 11.5 Å². The quantitative estimate of drug-likeness (QED) is 0.336. The molecule has 3 unspecified atom stereocenters. The van der Waals surface area contributed by atoms with Gasteiger partial charge in [0.15, 0.2) is 11.5 Å². The van der Waals surface area contributed by atoms with Crippen LogP contribution in [0.1, 0.15) is 29.8 Å². The Morgan fingerprint density at radius 1 is 1.05 bits per heavy atom. The Balaban J connectivity index is 1.36. The molecule has 4 amide bonds. The topological polar surface area (TPSA) is 133 Å². The molecule has 0 bridgehead atoms. The number of aromatic nitrogens is 1. The largest absolute Gasteiger partial charge is 0.493 e. The number of piperidine rings is 1. The Morgan fingerprint density at radius 3 is 2.55 bits per heavy atom. The first-order valence-electron chi connectivity index (χ1n) is 14.7. The van der Waals surface area contributed by atoms with Crippen LogP contribution in [0.5, 0.6) is 11.5 Å². The van der Waals surface area contributed by atoms with Crippen LogP contribution in [0.4, 0.5) is 0 Å². The number of hydrogen-bond donors (Lipinski definition) is 3. The summed E-state index contributed by atoms with van der Waals surface area (Å²) in [6.07, 6.45) is 1.87. The molecular weight excluding hydrogens is 586 g/mol. The van der Waals surface area contributed by atoms with Crippen LogP contribution in [0.25, 0.3) is 10.9 Å². The van der Waals surface area contributed by atoms with Crippen molar-refractivity contribution in [3.63, 3.8) is 0 Å². The molecule has 3 atom stereocenters. The van der Waals surface area contributed by atoms with E-state index in [1.807, 2.05) is 26.0 Å². The van der Waals surface area contributed by atoms with E-state index in [2.05, 4.69) is 15.6 Å². The fraction of sp³-hybridized carbons (Fsp3) is 0.438. The fourth-order valence-electron chi connectivity index (χ4n) is 6.24. The molecule has 12 heteroatoms. The summed E-state index contributed by atoms with van der Waals surface area (Å²) in [6, 6.07) is 10.6. The van der Waals surface area contributed by atoms with Gasteiger partial charge in [0.2, 0.25) is 17.7 Å². The van der Waals surface area contributed by atoms with Crippen LogP contribution in [0.3, 0.4) is 0 Å². The molecule has 3 heterocycles. The van der Waals surface area contributed by atoms with Gasteiger partial charge in [-0.15, -0.1) is 0 Å². The van der Waals surface area contributed by atoms with Crippen LogP contribution in [0.2, 0.25) is 5.02 Å². The van der Waals surface area contributed by atoms with Crippen molar-refractivity contribution < 1.29 is 28.7 Å². The second kappa shape index (κ2) is 13.2. The number of benzene rings is 2. The van der Waals surface area contributed by atoms with Crippen molar-refractivity contribution in [2.24, 2.45) is 17.8 Å². The zero-order valence-electron chi connectivity index (χ0n) is 25.3. The van der Waals surface area contributed by atoms with Crippen LogP contribution < -0.4 is 20.1 Å². The van der Waals surface area contributed by atoms with Crippen LogP contribution >= 0.6 is 11.6 Å². The zero-order chi connectivity index (χ0) is 31.5. The summed E-state index contributed by atoms with van der Waals surface area (Å²) < 4.78 is 11.3. The van der Waals surface area contributed by atoms with Gasteiger partial charge < -0.3 is 34.9 Å².